The highest BCUT2D eigenvalue weighted by Gasteiger charge is 2.24. The molecule has 0 unspecified atom stereocenters. The number of pyridine rings is 1. The van der Waals surface area contributed by atoms with Crippen LogP contribution < -0.4 is 5.56 Å². The van der Waals surface area contributed by atoms with E-state index in [4.69, 9.17) is 4.74 Å². The predicted octanol–water partition coefficient (Wildman–Crippen LogP) is 4.53. The van der Waals surface area contributed by atoms with Gasteiger partial charge in [-0.15, -0.1) is 0 Å². The molecule has 0 N–H and O–H groups in total. The zero-order valence-corrected chi connectivity index (χ0v) is 18.1. The van der Waals surface area contributed by atoms with Crippen LogP contribution in [0.4, 0.5) is 5.69 Å². The van der Waals surface area contributed by atoms with E-state index in [2.05, 4.69) is 0 Å². The highest BCUT2D eigenvalue weighted by atomic mass is 16.6. The minimum absolute atomic E-state index is 0.115. The molecule has 7 heteroatoms. The van der Waals surface area contributed by atoms with Crippen molar-refractivity contribution in [1.82, 2.24) is 4.57 Å². The van der Waals surface area contributed by atoms with Crippen LogP contribution in [0, 0.1) is 10.1 Å². The van der Waals surface area contributed by atoms with Crippen LogP contribution in [0.25, 0.3) is 10.8 Å². The fourth-order valence-electron chi connectivity index (χ4n) is 4.03. The van der Waals surface area contributed by atoms with Crippen molar-refractivity contribution < 1.29 is 14.5 Å². The van der Waals surface area contributed by atoms with Gasteiger partial charge in [0.1, 0.15) is 0 Å². The highest BCUT2D eigenvalue weighted by Crippen LogP contribution is 2.26. The molecule has 0 aliphatic heterocycles. The van der Waals surface area contributed by atoms with E-state index >= 15 is 0 Å². The quantitative estimate of drug-likeness (QED) is 0.238. The molecule has 0 saturated heterocycles. The van der Waals surface area contributed by atoms with E-state index in [1.807, 2.05) is 60.7 Å². The molecule has 0 atom stereocenters. The lowest BCUT2D eigenvalue weighted by atomic mass is 9.98. The molecule has 7 nitrogen and oxygen atoms in total. The van der Waals surface area contributed by atoms with E-state index in [-0.39, 0.29) is 28.7 Å². The van der Waals surface area contributed by atoms with E-state index in [0.717, 1.165) is 11.1 Å². The summed E-state index contributed by atoms with van der Waals surface area (Å²) in [5, 5.41) is 11.8. The summed E-state index contributed by atoms with van der Waals surface area (Å²) < 4.78 is 6.61. The maximum atomic E-state index is 13.6. The van der Waals surface area contributed by atoms with Crippen LogP contribution in [0.15, 0.2) is 83.7 Å². The Morgan fingerprint density at radius 3 is 2.15 bits per heavy atom. The van der Waals surface area contributed by atoms with Gasteiger partial charge in [0.25, 0.3) is 11.2 Å². The van der Waals surface area contributed by atoms with Gasteiger partial charge < -0.3 is 9.30 Å². The van der Waals surface area contributed by atoms with E-state index < -0.39 is 10.9 Å². The van der Waals surface area contributed by atoms with Gasteiger partial charge in [0, 0.05) is 23.2 Å². The summed E-state index contributed by atoms with van der Waals surface area (Å²) in [6.45, 7) is 0.229. The molecule has 0 fully saturated rings. The number of fused-ring (bicyclic) bond motifs is 1. The number of aryl methyl sites for hydroxylation is 1. The van der Waals surface area contributed by atoms with E-state index in [1.165, 1.54) is 29.9 Å². The number of non-ortho nitro benzene ring substituents is 1. The fourth-order valence-corrected chi connectivity index (χ4v) is 4.03. The molecule has 0 aliphatic carbocycles. The monoisotopic (exact) mass is 442 g/mol. The summed E-state index contributed by atoms with van der Waals surface area (Å²) in [5.41, 5.74) is 2.15. The molecule has 4 rings (SSSR count). The zero-order chi connectivity index (χ0) is 23.4. The van der Waals surface area contributed by atoms with Crippen LogP contribution in [0.3, 0.4) is 0 Å². The van der Waals surface area contributed by atoms with E-state index in [0.29, 0.717) is 23.9 Å². The Bertz CT molecular complexity index is 1380. The predicted molar refractivity (Wildman–Crippen MR) is 126 cm³/mol. The van der Waals surface area contributed by atoms with Crippen molar-refractivity contribution in [3.63, 3.8) is 0 Å². The number of rotatable bonds is 7. The van der Waals surface area contributed by atoms with Crippen molar-refractivity contribution >= 4 is 22.4 Å². The van der Waals surface area contributed by atoms with Crippen LogP contribution in [0.5, 0.6) is 0 Å². The molecule has 33 heavy (non-hydrogen) atoms. The summed E-state index contributed by atoms with van der Waals surface area (Å²) >= 11 is 0. The maximum absolute atomic E-state index is 13.6. The molecule has 0 bridgehead atoms. The van der Waals surface area contributed by atoms with Gasteiger partial charge >= 0.3 is 5.97 Å². The van der Waals surface area contributed by atoms with Gasteiger partial charge in [-0.25, -0.2) is 4.79 Å². The molecule has 0 radical (unpaired) electrons. The van der Waals surface area contributed by atoms with Crippen LogP contribution in [0.2, 0.25) is 0 Å². The van der Waals surface area contributed by atoms with Crippen LogP contribution in [-0.4, -0.2) is 22.6 Å². The Morgan fingerprint density at radius 2 is 1.55 bits per heavy atom. The number of ether oxygens (including phenoxy) is 1. The number of benzene rings is 3. The number of esters is 1. The van der Waals surface area contributed by atoms with Gasteiger partial charge in [-0.2, -0.15) is 0 Å². The number of aromatic nitrogens is 1. The second kappa shape index (κ2) is 9.48. The lowest BCUT2D eigenvalue weighted by molar-refractivity contribution is -0.384. The number of nitrogens with zero attached hydrogens (tertiary/aromatic N) is 2. The fraction of sp³-hybridized carbons (Fsp3) is 0.154. The third-order valence-electron chi connectivity index (χ3n) is 5.64. The van der Waals surface area contributed by atoms with Crippen molar-refractivity contribution in [3.8, 4) is 0 Å². The SMILES string of the molecule is COC(=O)c1c(CCc2ccccc2)n(Cc2ccccc2)c(=O)c2cc([N+](=O)[O-])ccc12. The minimum atomic E-state index is -0.585. The Kier molecular flexibility index (Phi) is 6.31. The summed E-state index contributed by atoms with van der Waals surface area (Å²) in [6.07, 6.45) is 1.03. The first-order valence-electron chi connectivity index (χ1n) is 10.5. The molecule has 4 aromatic rings. The molecule has 0 spiro atoms. The number of hydrogen-bond acceptors (Lipinski definition) is 5. The average Bonchev–Trinajstić information content (AvgIpc) is 2.85. The van der Waals surface area contributed by atoms with Gasteiger partial charge in [0.05, 0.1) is 29.5 Å². The first-order valence-corrected chi connectivity index (χ1v) is 10.5. The van der Waals surface area contributed by atoms with Crippen LogP contribution in [-0.2, 0) is 24.1 Å². The zero-order valence-electron chi connectivity index (χ0n) is 18.1. The normalized spacial score (nSPS) is 10.8. The smallest absolute Gasteiger partial charge is 0.340 e. The summed E-state index contributed by atoms with van der Waals surface area (Å²) in [6, 6.07) is 23.2. The molecule has 0 aliphatic rings. The first-order chi connectivity index (χ1) is 16.0. The van der Waals surface area contributed by atoms with Crippen molar-refractivity contribution in [3.05, 3.63) is 122 Å². The largest absolute Gasteiger partial charge is 0.465 e. The number of hydrogen-bond donors (Lipinski definition) is 0. The first kappa shape index (κ1) is 22.0. The van der Waals surface area contributed by atoms with Gasteiger partial charge in [-0.3, -0.25) is 14.9 Å². The summed E-state index contributed by atoms with van der Waals surface area (Å²) in [4.78, 5) is 37.3. The molecular formula is C26H22N2O5. The molecule has 1 aromatic heterocycles. The van der Waals surface area contributed by atoms with Gasteiger partial charge in [-0.1, -0.05) is 60.7 Å². The van der Waals surface area contributed by atoms with E-state index in [1.54, 1.807) is 0 Å². The topological polar surface area (TPSA) is 91.4 Å². The third-order valence-corrected chi connectivity index (χ3v) is 5.64. The third kappa shape index (κ3) is 4.52. The van der Waals surface area contributed by atoms with Crippen molar-refractivity contribution in [2.45, 2.75) is 19.4 Å². The Hall–Kier alpha value is -4.26. The Morgan fingerprint density at radius 1 is 0.909 bits per heavy atom. The molecule has 0 saturated carbocycles. The van der Waals surface area contributed by atoms with Gasteiger partial charge in [0.2, 0.25) is 0 Å². The van der Waals surface area contributed by atoms with Crippen molar-refractivity contribution in [1.29, 1.82) is 0 Å². The number of methoxy groups -OCH3 is 1. The van der Waals surface area contributed by atoms with E-state index in [9.17, 15) is 19.7 Å². The standard InChI is InChI=1S/C26H22N2O5/c1-33-26(30)24-21-14-13-20(28(31)32)16-22(21)25(29)27(17-19-10-6-3-7-11-19)23(24)15-12-18-8-4-2-5-9-18/h2-11,13-14,16H,12,15,17H2,1H3. The van der Waals surface area contributed by atoms with Crippen LogP contribution in [0.1, 0.15) is 27.2 Å². The molecular weight excluding hydrogens is 420 g/mol. The highest BCUT2D eigenvalue weighted by molar-refractivity contribution is 6.05. The average molecular weight is 442 g/mol. The Balaban J connectivity index is 1.97. The lowest BCUT2D eigenvalue weighted by Crippen LogP contribution is -2.28. The number of carbonyl (C=O) groups is 1. The summed E-state index contributed by atoms with van der Waals surface area (Å²) in [7, 11) is 1.28. The van der Waals surface area contributed by atoms with Crippen molar-refractivity contribution in [2.75, 3.05) is 7.11 Å². The Labute approximate surface area is 190 Å². The second-order valence-corrected chi connectivity index (χ2v) is 7.66. The number of nitro groups is 1. The van der Waals surface area contributed by atoms with Crippen LogP contribution >= 0.6 is 0 Å². The molecule has 166 valence electrons. The minimum Gasteiger partial charge on any atom is -0.465 e. The number of carbonyl (C=O) groups excluding carboxylic acids is 1. The molecule has 1 heterocycles. The van der Waals surface area contributed by atoms with Gasteiger partial charge in [0.15, 0.2) is 0 Å². The number of nitro benzene ring substituents is 1. The molecule has 0 amide bonds. The van der Waals surface area contributed by atoms with Crippen molar-refractivity contribution in [2.24, 2.45) is 0 Å². The lowest BCUT2D eigenvalue weighted by Gasteiger charge is -2.19. The summed E-state index contributed by atoms with van der Waals surface area (Å²) in [5.74, 6) is -0.585. The second-order valence-electron chi connectivity index (χ2n) is 7.66. The molecule has 3 aromatic carbocycles. The van der Waals surface area contributed by atoms with Gasteiger partial charge in [-0.05, 0) is 30.0 Å². The maximum Gasteiger partial charge on any atom is 0.340 e.